The maximum absolute atomic E-state index is 12.5. The largest absolute Gasteiger partial charge is 0.342 e. The molecule has 1 atom stereocenters. The second kappa shape index (κ2) is 6.66. The summed E-state index contributed by atoms with van der Waals surface area (Å²) >= 11 is 0. The van der Waals surface area contributed by atoms with Gasteiger partial charge in [-0.3, -0.25) is 9.78 Å². The van der Waals surface area contributed by atoms with Gasteiger partial charge in [0.2, 0.25) is 5.91 Å². The highest BCUT2D eigenvalue weighted by Gasteiger charge is 2.25. The molecule has 104 valence electrons. The molecule has 0 saturated carbocycles. The van der Waals surface area contributed by atoms with Crippen molar-refractivity contribution in [2.75, 3.05) is 19.6 Å². The van der Waals surface area contributed by atoms with Gasteiger partial charge in [-0.25, -0.2) is 0 Å². The lowest BCUT2D eigenvalue weighted by molar-refractivity contribution is -0.136. The number of carbonyl (C=O) groups excluding carboxylic acids is 1. The zero-order chi connectivity index (χ0) is 13.7. The van der Waals surface area contributed by atoms with E-state index < -0.39 is 0 Å². The summed E-state index contributed by atoms with van der Waals surface area (Å²) in [6.45, 7) is 4.24. The molecule has 1 amide bonds. The first-order chi connectivity index (χ1) is 9.22. The van der Waals surface area contributed by atoms with Crippen molar-refractivity contribution in [2.45, 2.75) is 32.6 Å². The Hall–Kier alpha value is -1.42. The molecule has 4 heteroatoms. The van der Waals surface area contributed by atoms with Crippen LogP contribution in [-0.2, 0) is 11.2 Å². The third kappa shape index (κ3) is 3.53. The number of hydrogen-bond acceptors (Lipinski definition) is 3. The highest BCUT2D eigenvalue weighted by Crippen LogP contribution is 2.17. The lowest BCUT2D eigenvalue weighted by Gasteiger charge is -2.30. The minimum atomic E-state index is -0.110. The first-order valence-electron chi connectivity index (χ1n) is 7.10. The Morgan fingerprint density at radius 1 is 1.42 bits per heavy atom. The van der Waals surface area contributed by atoms with E-state index in [1.807, 2.05) is 17.2 Å². The lowest BCUT2D eigenvalue weighted by Crippen LogP contribution is -2.42. The van der Waals surface area contributed by atoms with Crippen LogP contribution in [0.1, 0.15) is 30.4 Å². The standard InChI is InChI=1S/C15H23N3O/c1-12-5-6-17-11-14(12)9-13(10-16)15(19)18-7-3-2-4-8-18/h5-6,11,13H,2-4,7-10,16H2,1H3. The third-order valence-electron chi connectivity index (χ3n) is 3.92. The predicted molar refractivity (Wildman–Crippen MR) is 75.7 cm³/mol. The van der Waals surface area contributed by atoms with Gasteiger partial charge in [-0.05, 0) is 49.8 Å². The Kier molecular flexibility index (Phi) is 4.91. The number of pyridine rings is 1. The van der Waals surface area contributed by atoms with Crippen LogP contribution in [0.4, 0.5) is 0 Å². The normalized spacial score (nSPS) is 17.3. The molecule has 0 spiro atoms. The number of piperidine rings is 1. The molecule has 4 nitrogen and oxygen atoms in total. The number of rotatable bonds is 4. The molecule has 1 unspecified atom stereocenters. The van der Waals surface area contributed by atoms with Gasteiger partial charge in [-0.1, -0.05) is 0 Å². The maximum atomic E-state index is 12.5. The van der Waals surface area contributed by atoms with E-state index in [9.17, 15) is 4.79 Å². The summed E-state index contributed by atoms with van der Waals surface area (Å²) in [7, 11) is 0. The number of nitrogens with two attached hydrogens (primary N) is 1. The van der Waals surface area contributed by atoms with Crippen LogP contribution in [0.15, 0.2) is 18.5 Å². The SMILES string of the molecule is Cc1ccncc1CC(CN)C(=O)N1CCCCC1. The van der Waals surface area contributed by atoms with Crippen molar-refractivity contribution in [1.82, 2.24) is 9.88 Å². The van der Waals surface area contributed by atoms with Crippen molar-refractivity contribution in [1.29, 1.82) is 0 Å². The number of amides is 1. The van der Waals surface area contributed by atoms with Crippen molar-refractivity contribution in [3.8, 4) is 0 Å². The first-order valence-corrected chi connectivity index (χ1v) is 7.10. The van der Waals surface area contributed by atoms with Gasteiger partial charge < -0.3 is 10.6 Å². The van der Waals surface area contributed by atoms with Gasteiger partial charge in [-0.2, -0.15) is 0 Å². The van der Waals surface area contributed by atoms with Gasteiger partial charge in [0.15, 0.2) is 0 Å². The Balaban J connectivity index is 2.03. The molecule has 1 saturated heterocycles. The summed E-state index contributed by atoms with van der Waals surface area (Å²) in [6.07, 6.45) is 7.80. The molecule has 1 aliphatic heterocycles. The molecule has 0 aromatic carbocycles. The zero-order valence-electron chi connectivity index (χ0n) is 11.6. The van der Waals surface area contributed by atoms with Crippen LogP contribution in [0.2, 0.25) is 0 Å². The summed E-state index contributed by atoms with van der Waals surface area (Å²) in [5.74, 6) is 0.103. The summed E-state index contributed by atoms with van der Waals surface area (Å²) < 4.78 is 0. The smallest absolute Gasteiger partial charge is 0.227 e. The summed E-state index contributed by atoms with van der Waals surface area (Å²) in [5.41, 5.74) is 8.12. The maximum Gasteiger partial charge on any atom is 0.227 e. The molecule has 1 aliphatic rings. The molecule has 0 radical (unpaired) electrons. The Bertz CT molecular complexity index is 427. The number of likely N-dealkylation sites (tertiary alicyclic amines) is 1. The van der Waals surface area contributed by atoms with Crippen LogP contribution in [0.25, 0.3) is 0 Å². The summed E-state index contributed by atoms with van der Waals surface area (Å²) in [6, 6.07) is 1.98. The lowest BCUT2D eigenvalue weighted by atomic mass is 9.95. The molecule has 1 aromatic heterocycles. The molecule has 0 bridgehead atoms. The highest BCUT2D eigenvalue weighted by atomic mass is 16.2. The minimum Gasteiger partial charge on any atom is -0.342 e. The van der Waals surface area contributed by atoms with Crippen LogP contribution in [0, 0.1) is 12.8 Å². The van der Waals surface area contributed by atoms with Crippen molar-refractivity contribution in [2.24, 2.45) is 11.7 Å². The Labute approximate surface area is 115 Å². The zero-order valence-corrected chi connectivity index (χ0v) is 11.6. The Morgan fingerprint density at radius 2 is 2.16 bits per heavy atom. The second-order valence-electron chi connectivity index (χ2n) is 5.32. The van der Waals surface area contributed by atoms with E-state index in [4.69, 9.17) is 5.73 Å². The predicted octanol–water partition coefficient (Wildman–Crippen LogP) is 1.52. The van der Waals surface area contributed by atoms with Crippen LogP contribution in [0.3, 0.4) is 0 Å². The van der Waals surface area contributed by atoms with E-state index in [0.29, 0.717) is 13.0 Å². The summed E-state index contributed by atoms with van der Waals surface area (Å²) in [4.78, 5) is 18.6. The van der Waals surface area contributed by atoms with Gasteiger partial charge in [0, 0.05) is 32.0 Å². The molecule has 2 heterocycles. The van der Waals surface area contributed by atoms with E-state index in [-0.39, 0.29) is 11.8 Å². The molecule has 1 fully saturated rings. The molecule has 2 rings (SSSR count). The minimum absolute atomic E-state index is 0.110. The van der Waals surface area contributed by atoms with Crippen molar-refractivity contribution in [3.63, 3.8) is 0 Å². The van der Waals surface area contributed by atoms with E-state index in [2.05, 4.69) is 11.9 Å². The van der Waals surface area contributed by atoms with E-state index >= 15 is 0 Å². The molecular weight excluding hydrogens is 238 g/mol. The van der Waals surface area contributed by atoms with E-state index in [0.717, 1.165) is 31.5 Å². The van der Waals surface area contributed by atoms with Gasteiger partial charge in [0.05, 0.1) is 5.92 Å². The van der Waals surface area contributed by atoms with E-state index in [1.165, 1.54) is 12.0 Å². The van der Waals surface area contributed by atoms with Gasteiger partial charge in [0.1, 0.15) is 0 Å². The van der Waals surface area contributed by atoms with E-state index in [1.54, 1.807) is 6.20 Å². The Morgan fingerprint density at radius 3 is 2.79 bits per heavy atom. The quantitative estimate of drug-likeness (QED) is 0.894. The molecule has 0 aliphatic carbocycles. The van der Waals surface area contributed by atoms with Crippen molar-refractivity contribution < 1.29 is 4.79 Å². The van der Waals surface area contributed by atoms with Crippen LogP contribution < -0.4 is 5.73 Å². The van der Waals surface area contributed by atoms with Crippen molar-refractivity contribution in [3.05, 3.63) is 29.6 Å². The number of aryl methyl sites for hydroxylation is 1. The number of hydrogen-bond donors (Lipinski definition) is 1. The van der Waals surface area contributed by atoms with Crippen LogP contribution in [0.5, 0.6) is 0 Å². The van der Waals surface area contributed by atoms with Gasteiger partial charge in [-0.15, -0.1) is 0 Å². The number of carbonyl (C=O) groups is 1. The number of nitrogens with zero attached hydrogens (tertiary/aromatic N) is 2. The topological polar surface area (TPSA) is 59.2 Å². The fraction of sp³-hybridized carbons (Fsp3) is 0.600. The second-order valence-corrected chi connectivity index (χ2v) is 5.32. The van der Waals surface area contributed by atoms with Crippen LogP contribution >= 0.6 is 0 Å². The first kappa shape index (κ1) is 14.0. The highest BCUT2D eigenvalue weighted by molar-refractivity contribution is 5.79. The molecule has 2 N–H and O–H groups in total. The number of aromatic nitrogens is 1. The fourth-order valence-corrected chi connectivity index (χ4v) is 2.62. The fourth-order valence-electron chi connectivity index (χ4n) is 2.62. The molecule has 1 aromatic rings. The molecular formula is C15H23N3O. The monoisotopic (exact) mass is 261 g/mol. The summed E-state index contributed by atoms with van der Waals surface area (Å²) in [5, 5.41) is 0. The van der Waals surface area contributed by atoms with Gasteiger partial charge >= 0.3 is 0 Å². The average molecular weight is 261 g/mol. The van der Waals surface area contributed by atoms with Crippen molar-refractivity contribution >= 4 is 5.91 Å². The average Bonchev–Trinajstić information content (AvgIpc) is 2.47. The van der Waals surface area contributed by atoms with Crippen LogP contribution in [-0.4, -0.2) is 35.4 Å². The van der Waals surface area contributed by atoms with Gasteiger partial charge in [0.25, 0.3) is 0 Å². The third-order valence-corrected chi connectivity index (χ3v) is 3.92. The molecule has 19 heavy (non-hydrogen) atoms.